The van der Waals surface area contributed by atoms with Crippen LogP contribution in [0.15, 0.2) is 10.5 Å². The van der Waals surface area contributed by atoms with Gasteiger partial charge in [-0.3, -0.25) is 11.3 Å². The molecule has 0 aliphatic heterocycles. The lowest BCUT2D eigenvalue weighted by atomic mass is 10.0. The number of hydrazine groups is 1. The third kappa shape index (κ3) is 2.51. The maximum Gasteiger partial charge on any atom is 0.176 e. The van der Waals surface area contributed by atoms with Crippen LogP contribution in [0, 0.1) is 13.8 Å². The zero-order valence-corrected chi connectivity index (χ0v) is 10.1. The van der Waals surface area contributed by atoms with Crippen molar-refractivity contribution in [2.45, 2.75) is 26.3 Å². The van der Waals surface area contributed by atoms with Crippen molar-refractivity contribution in [3.63, 3.8) is 0 Å². The average Bonchev–Trinajstić information content (AvgIpc) is 2.82. The predicted molar refractivity (Wildman–Crippen MR) is 60.7 cm³/mol. The maximum absolute atomic E-state index is 5.56. The molecule has 7 heteroatoms. The molecule has 0 saturated carbocycles. The van der Waals surface area contributed by atoms with E-state index < -0.39 is 0 Å². The summed E-state index contributed by atoms with van der Waals surface area (Å²) in [6.07, 6.45) is 0.574. The van der Waals surface area contributed by atoms with Crippen molar-refractivity contribution in [2.75, 3.05) is 0 Å². The summed E-state index contributed by atoms with van der Waals surface area (Å²) in [5.74, 6) is 7.93. The molecule has 1 atom stereocenters. The SMILES string of the molecule is Cc1cc(C(Cc2nnn(C)n2)NN)c(C)o1. The molecular weight excluding hydrogens is 220 g/mol. The van der Waals surface area contributed by atoms with Gasteiger partial charge in [-0.2, -0.15) is 4.80 Å². The molecule has 0 aliphatic rings. The zero-order valence-electron chi connectivity index (χ0n) is 10.1. The van der Waals surface area contributed by atoms with Gasteiger partial charge in [-0.1, -0.05) is 0 Å². The van der Waals surface area contributed by atoms with E-state index in [0.29, 0.717) is 12.2 Å². The van der Waals surface area contributed by atoms with Crippen molar-refractivity contribution in [1.82, 2.24) is 25.6 Å². The van der Waals surface area contributed by atoms with E-state index in [1.165, 1.54) is 4.80 Å². The van der Waals surface area contributed by atoms with Gasteiger partial charge >= 0.3 is 0 Å². The van der Waals surface area contributed by atoms with Crippen LogP contribution in [0.2, 0.25) is 0 Å². The highest BCUT2D eigenvalue weighted by atomic mass is 16.3. The first-order valence-electron chi connectivity index (χ1n) is 5.36. The number of aryl methyl sites for hydroxylation is 3. The number of tetrazole rings is 1. The van der Waals surface area contributed by atoms with Gasteiger partial charge in [-0.25, -0.2) is 0 Å². The van der Waals surface area contributed by atoms with Gasteiger partial charge in [-0.15, -0.1) is 10.2 Å². The van der Waals surface area contributed by atoms with Gasteiger partial charge in [0.2, 0.25) is 0 Å². The van der Waals surface area contributed by atoms with Crippen LogP contribution in [-0.2, 0) is 13.5 Å². The Morgan fingerprint density at radius 1 is 1.53 bits per heavy atom. The minimum absolute atomic E-state index is 0.0725. The smallest absolute Gasteiger partial charge is 0.176 e. The Morgan fingerprint density at radius 2 is 2.29 bits per heavy atom. The van der Waals surface area contributed by atoms with Gasteiger partial charge in [0.25, 0.3) is 0 Å². The second kappa shape index (κ2) is 4.64. The highest BCUT2D eigenvalue weighted by Gasteiger charge is 2.18. The van der Waals surface area contributed by atoms with Crippen LogP contribution in [0.1, 0.15) is 29.0 Å². The Morgan fingerprint density at radius 3 is 2.76 bits per heavy atom. The van der Waals surface area contributed by atoms with Crippen LogP contribution in [0.25, 0.3) is 0 Å². The van der Waals surface area contributed by atoms with Crippen molar-refractivity contribution < 1.29 is 4.42 Å². The molecule has 0 fully saturated rings. The number of hydrogen-bond donors (Lipinski definition) is 2. The van der Waals surface area contributed by atoms with E-state index in [4.69, 9.17) is 10.3 Å². The predicted octanol–water partition coefficient (Wildman–Crippen LogP) is 0.167. The summed E-state index contributed by atoms with van der Waals surface area (Å²) >= 11 is 0. The second-order valence-corrected chi connectivity index (χ2v) is 3.99. The number of furan rings is 1. The number of hydrogen-bond acceptors (Lipinski definition) is 6. The van der Waals surface area contributed by atoms with Crippen LogP contribution >= 0.6 is 0 Å². The molecule has 0 aliphatic carbocycles. The lowest BCUT2D eigenvalue weighted by Gasteiger charge is -2.12. The fraction of sp³-hybridized carbons (Fsp3) is 0.500. The topological polar surface area (TPSA) is 94.8 Å². The van der Waals surface area contributed by atoms with Crippen LogP contribution in [0.5, 0.6) is 0 Å². The first-order valence-corrected chi connectivity index (χ1v) is 5.36. The first kappa shape index (κ1) is 11.7. The lowest BCUT2D eigenvalue weighted by molar-refractivity contribution is 0.481. The minimum atomic E-state index is -0.0725. The highest BCUT2D eigenvalue weighted by molar-refractivity contribution is 5.24. The van der Waals surface area contributed by atoms with E-state index >= 15 is 0 Å². The molecular formula is C10H16N6O. The Labute approximate surface area is 99.0 Å². The average molecular weight is 236 g/mol. The minimum Gasteiger partial charge on any atom is -0.466 e. The maximum atomic E-state index is 5.56. The first-order chi connectivity index (χ1) is 8.10. The van der Waals surface area contributed by atoms with E-state index in [0.717, 1.165) is 17.1 Å². The number of aromatic nitrogens is 4. The Hall–Kier alpha value is -1.73. The van der Waals surface area contributed by atoms with E-state index in [9.17, 15) is 0 Å². The van der Waals surface area contributed by atoms with Crippen molar-refractivity contribution in [1.29, 1.82) is 0 Å². The van der Waals surface area contributed by atoms with Gasteiger partial charge in [0.15, 0.2) is 5.82 Å². The summed E-state index contributed by atoms with van der Waals surface area (Å²) in [5, 5.41) is 11.9. The molecule has 0 aromatic carbocycles. The van der Waals surface area contributed by atoms with Crippen molar-refractivity contribution in [3.05, 3.63) is 29.0 Å². The van der Waals surface area contributed by atoms with Crippen LogP contribution in [0.3, 0.4) is 0 Å². The molecule has 92 valence electrons. The second-order valence-electron chi connectivity index (χ2n) is 3.99. The van der Waals surface area contributed by atoms with Gasteiger partial charge in [0.1, 0.15) is 11.5 Å². The summed E-state index contributed by atoms with van der Waals surface area (Å²) < 4.78 is 5.48. The molecule has 0 amide bonds. The molecule has 0 spiro atoms. The number of rotatable bonds is 4. The summed E-state index contributed by atoms with van der Waals surface area (Å²) in [7, 11) is 1.73. The molecule has 2 heterocycles. The highest BCUT2D eigenvalue weighted by Crippen LogP contribution is 2.23. The molecule has 0 bridgehead atoms. The van der Waals surface area contributed by atoms with Crippen molar-refractivity contribution >= 4 is 0 Å². The van der Waals surface area contributed by atoms with E-state index in [-0.39, 0.29) is 6.04 Å². The van der Waals surface area contributed by atoms with E-state index in [2.05, 4.69) is 20.8 Å². The Kier molecular flexibility index (Phi) is 3.21. The van der Waals surface area contributed by atoms with Crippen LogP contribution in [-0.4, -0.2) is 20.2 Å². The molecule has 3 N–H and O–H groups in total. The van der Waals surface area contributed by atoms with Crippen LogP contribution in [0.4, 0.5) is 0 Å². The fourth-order valence-corrected chi connectivity index (χ4v) is 1.84. The summed E-state index contributed by atoms with van der Waals surface area (Å²) in [6, 6.07) is 1.90. The Bertz CT molecular complexity index is 503. The normalized spacial score (nSPS) is 12.9. The van der Waals surface area contributed by atoms with E-state index in [1.807, 2.05) is 19.9 Å². The lowest BCUT2D eigenvalue weighted by Crippen LogP contribution is -2.30. The molecule has 0 radical (unpaired) electrons. The molecule has 0 saturated heterocycles. The van der Waals surface area contributed by atoms with Gasteiger partial charge in [-0.05, 0) is 25.1 Å². The summed E-state index contributed by atoms with van der Waals surface area (Å²) in [4.78, 5) is 1.43. The molecule has 2 aromatic rings. The van der Waals surface area contributed by atoms with Gasteiger partial charge < -0.3 is 4.42 Å². The van der Waals surface area contributed by atoms with E-state index in [1.54, 1.807) is 7.05 Å². The fourth-order valence-electron chi connectivity index (χ4n) is 1.84. The molecule has 2 aromatic heterocycles. The largest absolute Gasteiger partial charge is 0.466 e. The number of nitrogens with zero attached hydrogens (tertiary/aromatic N) is 4. The zero-order chi connectivity index (χ0) is 12.4. The molecule has 17 heavy (non-hydrogen) atoms. The van der Waals surface area contributed by atoms with Crippen molar-refractivity contribution in [2.24, 2.45) is 12.9 Å². The Balaban J connectivity index is 2.19. The number of nitrogens with two attached hydrogens (primary N) is 1. The third-order valence-electron chi connectivity index (χ3n) is 2.59. The summed E-state index contributed by atoms with van der Waals surface area (Å²) in [6.45, 7) is 3.82. The monoisotopic (exact) mass is 236 g/mol. The molecule has 7 nitrogen and oxygen atoms in total. The van der Waals surface area contributed by atoms with Gasteiger partial charge in [0.05, 0.1) is 13.1 Å². The molecule has 1 unspecified atom stereocenters. The van der Waals surface area contributed by atoms with Gasteiger partial charge in [0, 0.05) is 12.0 Å². The summed E-state index contributed by atoms with van der Waals surface area (Å²) in [5.41, 5.74) is 3.78. The number of nitrogens with one attached hydrogen (secondary N) is 1. The standard InChI is InChI=1S/C10H16N6O/c1-6-4-8(7(2)17-6)9(12-11)5-10-13-15-16(3)14-10/h4,9,12H,5,11H2,1-3H3. The molecule has 2 rings (SSSR count). The quantitative estimate of drug-likeness (QED) is 0.580. The third-order valence-corrected chi connectivity index (χ3v) is 2.59. The van der Waals surface area contributed by atoms with Crippen molar-refractivity contribution in [3.8, 4) is 0 Å². The van der Waals surface area contributed by atoms with Crippen LogP contribution < -0.4 is 11.3 Å².